The van der Waals surface area contributed by atoms with Crippen LogP contribution in [0.3, 0.4) is 0 Å². The summed E-state index contributed by atoms with van der Waals surface area (Å²) in [6.07, 6.45) is 5.12. The van der Waals surface area contributed by atoms with Crippen molar-refractivity contribution in [3.63, 3.8) is 0 Å². The summed E-state index contributed by atoms with van der Waals surface area (Å²) >= 11 is 1.79. The van der Waals surface area contributed by atoms with E-state index in [9.17, 15) is 0 Å². The second kappa shape index (κ2) is 4.09. The zero-order chi connectivity index (χ0) is 9.10. The number of anilines is 1. The molecule has 0 N–H and O–H groups in total. The van der Waals surface area contributed by atoms with Gasteiger partial charge in [0.1, 0.15) is 5.82 Å². The fourth-order valence-corrected chi connectivity index (χ4v) is 2.49. The lowest BCUT2D eigenvalue weighted by Gasteiger charge is -2.26. The molecule has 1 aliphatic heterocycles. The Morgan fingerprint density at radius 2 is 2.15 bits per heavy atom. The molecule has 2 rings (SSSR count). The number of nitrogens with zero attached hydrogens (tertiary/aromatic N) is 2. The van der Waals surface area contributed by atoms with Gasteiger partial charge in [-0.1, -0.05) is 6.92 Å². The predicted octanol–water partition coefficient (Wildman–Crippen LogP) is 2.70. The first-order chi connectivity index (χ1) is 6.40. The smallest absolute Gasteiger partial charge is 0.139 e. The van der Waals surface area contributed by atoms with Crippen molar-refractivity contribution < 1.29 is 0 Å². The first-order valence-electron chi connectivity index (χ1n) is 5.09. The van der Waals surface area contributed by atoms with E-state index in [4.69, 9.17) is 0 Å². The van der Waals surface area contributed by atoms with Crippen molar-refractivity contribution in [2.24, 2.45) is 0 Å². The van der Waals surface area contributed by atoms with E-state index in [1.54, 1.807) is 11.3 Å². The summed E-state index contributed by atoms with van der Waals surface area (Å²) < 4.78 is 0. The molecule has 13 heavy (non-hydrogen) atoms. The molecule has 3 heteroatoms. The molecule has 1 fully saturated rings. The van der Waals surface area contributed by atoms with Crippen LogP contribution in [0.25, 0.3) is 0 Å². The Hall–Kier alpha value is -0.570. The third-order valence-corrected chi connectivity index (χ3v) is 3.50. The van der Waals surface area contributed by atoms with Gasteiger partial charge in [0.15, 0.2) is 0 Å². The van der Waals surface area contributed by atoms with E-state index in [2.05, 4.69) is 22.2 Å². The molecule has 0 atom stereocenters. The molecule has 0 amide bonds. The minimum atomic E-state index is 1.07. The van der Waals surface area contributed by atoms with Gasteiger partial charge in [0.25, 0.3) is 0 Å². The third-order valence-electron chi connectivity index (χ3n) is 2.52. The lowest BCUT2D eigenvalue weighted by molar-refractivity contribution is 0.574. The lowest BCUT2D eigenvalue weighted by atomic mass is 10.1. The van der Waals surface area contributed by atoms with Crippen molar-refractivity contribution in [1.82, 2.24) is 4.98 Å². The Morgan fingerprint density at radius 3 is 2.77 bits per heavy atom. The number of thiazole rings is 1. The molecule has 72 valence electrons. The maximum Gasteiger partial charge on any atom is 0.139 e. The van der Waals surface area contributed by atoms with Crippen LogP contribution >= 0.6 is 11.3 Å². The predicted molar refractivity (Wildman–Crippen MR) is 57.6 cm³/mol. The molecule has 0 unspecified atom stereocenters. The van der Waals surface area contributed by atoms with Crippen molar-refractivity contribution in [3.05, 3.63) is 10.4 Å². The van der Waals surface area contributed by atoms with E-state index in [1.165, 1.54) is 43.2 Å². The molecule has 0 radical (unpaired) electrons. The fraction of sp³-hybridized carbons (Fsp3) is 0.700. The quantitative estimate of drug-likeness (QED) is 0.723. The monoisotopic (exact) mass is 196 g/mol. The Kier molecular flexibility index (Phi) is 2.83. The second-order valence-electron chi connectivity index (χ2n) is 3.50. The average Bonchev–Trinajstić information content (AvgIpc) is 2.67. The summed E-state index contributed by atoms with van der Waals surface area (Å²) in [4.78, 5) is 7.01. The average molecular weight is 196 g/mol. The van der Waals surface area contributed by atoms with Gasteiger partial charge in [0.05, 0.1) is 5.01 Å². The second-order valence-corrected chi connectivity index (χ2v) is 4.44. The van der Waals surface area contributed by atoms with Crippen LogP contribution in [-0.4, -0.2) is 18.1 Å². The van der Waals surface area contributed by atoms with Gasteiger partial charge in [0.2, 0.25) is 0 Å². The minimum absolute atomic E-state index is 1.07. The van der Waals surface area contributed by atoms with Crippen molar-refractivity contribution in [2.45, 2.75) is 32.6 Å². The van der Waals surface area contributed by atoms with Gasteiger partial charge in [-0.05, 0) is 25.7 Å². The molecule has 0 aromatic carbocycles. The highest BCUT2D eigenvalue weighted by molar-refractivity contribution is 7.10. The number of hydrogen-bond donors (Lipinski definition) is 0. The van der Waals surface area contributed by atoms with E-state index < -0.39 is 0 Å². The molecule has 2 heterocycles. The summed E-state index contributed by atoms with van der Waals surface area (Å²) in [6.45, 7) is 4.57. The first-order valence-corrected chi connectivity index (χ1v) is 5.97. The van der Waals surface area contributed by atoms with Crippen LogP contribution in [0, 0.1) is 0 Å². The number of aromatic nitrogens is 1. The zero-order valence-corrected chi connectivity index (χ0v) is 8.94. The van der Waals surface area contributed by atoms with Gasteiger partial charge < -0.3 is 4.90 Å². The van der Waals surface area contributed by atoms with E-state index >= 15 is 0 Å². The molecule has 2 nitrogen and oxygen atoms in total. The van der Waals surface area contributed by atoms with Crippen LogP contribution in [-0.2, 0) is 6.42 Å². The van der Waals surface area contributed by atoms with Crippen LogP contribution in [0.1, 0.15) is 31.2 Å². The molecular weight excluding hydrogens is 180 g/mol. The lowest BCUT2D eigenvalue weighted by Crippen LogP contribution is -2.29. The molecule has 1 aromatic rings. The summed E-state index contributed by atoms with van der Waals surface area (Å²) in [5.41, 5.74) is 0. The van der Waals surface area contributed by atoms with Gasteiger partial charge in [-0.25, -0.2) is 4.98 Å². The Balaban J connectivity index is 2.05. The van der Waals surface area contributed by atoms with Crippen LogP contribution in [0.2, 0.25) is 0 Å². The number of piperidine rings is 1. The van der Waals surface area contributed by atoms with E-state index in [0.29, 0.717) is 0 Å². The van der Waals surface area contributed by atoms with Crippen molar-refractivity contribution in [1.29, 1.82) is 0 Å². The van der Waals surface area contributed by atoms with E-state index in [1.807, 2.05) is 0 Å². The Labute approximate surface area is 83.6 Å². The molecule has 1 aliphatic rings. The molecule has 0 spiro atoms. The van der Waals surface area contributed by atoms with Gasteiger partial charge in [-0.15, -0.1) is 11.3 Å². The summed E-state index contributed by atoms with van der Waals surface area (Å²) in [7, 11) is 0. The van der Waals surface area contributed by atoms with Crippen molar-refractivity contribution in [2.75, 3.05) is 18.0 Å². The third kappa shape index (κ3) is 2.02. The Morgan fingerprint density at radius 1 is 1.38 bits per heavy atom. The summed E-state index contributed by atoms with van der Waals surface area (Å²) in [5, 5.41) is 3.46. The van der Waals surface area contributed by atoms with E-state index in [0.717, 1.165) is 6.42 Å². The summed E-state index contributed by atoms with van der Waals surface area (Å²) in [5.74, 6) is 1.21. The van der Waals surface area contributed by atoms with Gasteiger partial charge in [-0.2, -0.15) is 0 Å². The molecule has 0 aliphatic carbocycles. The van der Waals surface area contributed by atoms with Gasteiger partial charge in [0, 0.05) is 18.5 Å². The number of rotatable bonds is 2. The van der Waals surface area contributed by atoms with Gasteiger partial charge >= 0.3 is 0 Å². The topological polar surface area (TPSA) is 16.1 Å². The van der Waals surface area contributed by atoms with Crippen LogP contribution in [0.15, 0.2) is 5.38 Å². The largest absolute Gasteiger partial charge is 0.356 e. The highest BCUT2D eigenvalue weighted by Crippen LogP contribution is 2.22. The normalized spacial score (nSPS) is 17.8. The first kappa shape index (κ1) is 9.00. The van der Waals surface area contributed by atoms with Crippen molar-refractivity contribution >= 4 is 17.2 Å². The van der Waals surface area contributed by atoms with E-state index in [-0.39, 0.29) is 0 Å². The summed E-state index contributed by atoms with van der Waals surface area (Å²) in [6, 6.07) is 0. The molecule has 1 saturated heterocycles. The fourth-order valence-electron chi connectivity index (χ4n) is 1.73. The standard InChI is InChI=1S/C10H16N2S/c1-2-10-11-9(8-13-10)12-6-4-3-5-7-12/h8H,2-7H2,1H3. The van der Waals surface area contributed by atoms with Gasteiger partial charge in [-0.3, -0.25) is 0 Å². The van der Waals surface area contributed by atoms with Crippen molar-refractivity contribution in [3.8, 4) is 0 Å². The molecule has 1 aromatic heterocycles. The SMILES string of the molecule is CCc1nc(N2CCCCC2)cs1. The highest BCUT2D eigenvalue weighted by Gasteiger charge is 2.12. The van der Waals surface area contributed by atoms with Crippen LogP contribution in [0.5, 0.6) is 0 Å². The maximum absolute atomic E-state index is 4.60. The molecule has 0 bridgehead atoms. The minimum Gasteiger partial charge on any atom is -0.356 e. The number of aryl methyl sites for hydroxylation is 1. The van der Waals surface area contributed by atoms with Crippen LogP contribution in [0.4, 0.5) is 5.82 Å². The zero-order valence-electron chi connectivity index (χ0n) is 8.12. The highest BCUT2D eigenvalue weighted by atomic mass is 32.1. The maximum atomic E-state index is 4.60. The molecular formula is C10H16N2S. The van der Waals surface area contributed by atoms with Crippen LogP contribution < -0.4 is 4.90 Å². The molecule has 0 saturated carbocycles. The number of hydrogen-bond acceptors (Lipinski definition) is 3. The Bertz CT molecular complexity index is 264.